The van der Waals surface area contributed by atoms with Gasteiger partial charge < -0.3 is 10.6 Å². The third kappa shape index (κ3) is 2.26. The lowest BCUT2D eigenvalue weighted by atomic mass is 9.99. The van der Waals surface area contributed by atoms with Crippen molar-refractivity contribution in [1.29, 1.82) is 0 Å². The maximum absolute atomic E-state index is 4.23. The molecule has 0 amide bonds. The third-order valence-electron chi connectivity index (χ3n) is 3.02. The molecule has 1 aromatic carbocycles. The molecule has 0 bridgehead atoms. The van der Waals surface area contributed by atoms with Crippen LogP contribution in [0.4, 0.5) is 10.8 Å². The number of hydrogen-bond donors (Lipinski definition) is 2. The summed E-state index contributed by atoms with van der Waals surface area (Å²) in [5, 5.41) is 9.83. The minimum absolute atomic E-state index is 0.837. The fourth-order valence-corrected chi connectivity index (χ4v) is 2.74. The predicted molar refractivity (Wildman–Crippen MR) is 72.7 cm³/mol. The highest BCUT2D eigenvalue weighted by atomic mass is 32.1. The molecule has 3 rings (SSSR count). The first-order chi connectivity index (χ1) is 8.43. The van der Waals surface area contributed by atoms with E-state index in [0.29, 0.717) is 0 Å². The molecule has 1 aliphatic rings. The van der Waals surface area contributed by atoms with Crippen LogP contribution >= 0.6 is 11.3 Å². The van der Waals surface area contributed by atoms with Crippen molar-refractivity contribution in [3.05, 3.63) is 40.9 Å². The number of aryl methyl sites for hydroxylation is 1. The number of nitrogens with zero attached hydrogens (tertiary/aromatic N) is 1. The number of aromatic nitrogens is 1. The number of fused-ring (bicyclic) bond motifs is 1. The van der Waals surface area contributed by atoms with Gasteiger partial charge in [-0.05, 0) is 24.0 Å². The van der Waals surface area contributed by atoms with Crippen molar-refractivity contribution in [3.8, 4) is 0 Å². The van der Waals surface area contributed by atoms with Gasteiger partial charge in [-0.15, -0.1) is 11.3 Å². The topological polar surface area (TPSA) is 37.0 Å². The SMILES string of the molecule is c1cc2c(c(CNc3nccs3)c1)NCCC2. The van der Waals surface area contributed by atoms with Gasteiger partial charge in [0.2, 0.25) is 0 Å². The third-order valence-corrected chi connectivity index (χ3v) is 3.75. The van der Waals surface area contributed by atoms with E-state index in [-0.39, 0.29) is 0 Å². The van der Waals surface area contributed by atoms with E-state index in [4.69, 9.17) is 0 Å². The number of thiazole rings is 1. The lowest BCUT2D eigenvalue weighted by Crippen LogP contribution is -2.14. The molecule has 3 nitrogen and oxygen atoms in total. The zero-order chi connectivity index (χ0) is 11.5. The second kappa shape index (κ2) is 4.75. The molecule has 0 saturated carbocycles. The molecule has 0 atom stereocenters. The summed E-state index contributed by atoms with van der Waals surface area (Å²) in [5.41, 5.74) is 4.09. The molecule has 88 valence electrons. The molecule has 0 spiro atoms. The zero-order valence-corrected chi connectivity index (χ0v) is 10.4. The molecular formula is C13H15N3S. The van der Waals surface area contributed by atoms with E-state index in [1.807, 2.05) is 11.6 Å². The van der Waals surface area contributed by atoms with Crippen molar-refractivity contribution in [3.63, 3.8) is 0 Å². The van der Waals surface area contributed by atoms with Crippen molar-refractivity contribution in [2.75, 3.05) is 17.2 Å². The number of rotatable bonds is 3. The average molecular weight is 245 g/mol. The molecule has 0 radical (unpaired) electrons. The Bertz CT molecular complexity index is 493. The minimum Gasteiger partial charge on any atom is -0.385 e. The fraction of sp³-hybridized carbons (Fsp3) is 0.308. The highest BCUT2D eigenvalue weighted by Gasteiger charge is 2.11. The first kappa shape index (κ1) is 10.6. The van der Waals surface area contributed by atoms with Crippen LogP contribution in [0.1, 0.15) is 17.5 Å². The molecule has 17 heavy (non-hydrogen) atoms. The van der Waals surface area contributed by atoms with Gasteiger partial charge in [-0.1, -0.05) is 18.2 Å². The van der Waals surface area contributed by atoms with Crippen molar-refractivity contribution in [2.24, 2.45) is 0 Å². The smallest absolute Gasteiger partial charge is 0.182 e. The van der Waals surface area contributed by atoms with Crippen LogP contribution in [0.5, 0.6) is 0 Å². The fourth-order valence-electron chi connectivity index (χ4n) is 2.21. The van der Waals surface area contributed by atoms with Crippen molar-refractivity contribution in [1.82, 2.24) is 4.98 Å². The molecule has 2 heterocycles. The zero-order valence-electron chi connectivity index (χ0n) is 9.57. The largest absolute Gasteiger partial charge is 0.385 e. The first-order valence-corrected chi connectivity index (χ1v) is 6.79. The van der Waals surface area contributed by atoms with Gasteiger partial charge >= 0.3 is 0 Å². The summed E-state index contributed by atoms with van der Waals surface area (Å²) in [5.74, 6) is 0. The Morgan fingerprint density at radius 1 is 1.41 bits per heavy atom. The van der Waals surface area contributed by atoms with Gasteiger partial charge in [0.05, 0.1) is 0 Å². The monoisotopic (exact) mass is 245 g/mol. The highest BCUT2D eigenvalue weighted by molar-refractivity contribution is 7.13. The summed E-state index contributed by atoms with van der Waals surface area (Å²) >= 11 is 1.64. The molecule has 2 N–H and O–H groups in total. The second-order valence-corrected chi connectivity index (χ2v) is 5.07. The predicted octanol–water partition coefficient (Wildman–Crippen LogP) is 3.11. The summed E-state index contributed by atoms with van der Waals surface area (Å²) in [6.07, 6.45) is 4.25. The Morgan fingerprint density at radius 2 is 2.41 bits per heavy atom. The van der Waals surface area contributed by atoms with Gasteiger partial charge in [-0.2, -0.15) is 0 Å². The quantitative estimate of drug-likeness (QED) is 0.872. The standard InChI is InChI=1S/C13H15N3S/c1-3-10-5-2-6-14-12(10)11(4-1)9-16-13-15-7-8-17-13/h1,3-4,7-8,14H,2,5-6,9H2,(H,15,16). The van der Waals surface area contributed by atoms with Crippen LogP contribution in [-0.4, -0.2) is 11.5 Å². The first-order valence-electron chi connectivity index (χ1n) is 5.91. The molecule has 0 unspecified atom stereocenters. The van der Waals surface area contributed by atoms with E-state index in [1.165, 1.54) is 29.7 Å². The van der Waals surface area contributed by atoms with Crippen LogP contribution in [0.3, 0.4) is 0 Å². The van der Waals surface area contributed by atoms with E-state index < -0.39 is 0 Å². The van der Waals surface area contributed by atoms with Crippen molar-refractivity contribution in [2.45, 2.75) is 19.4 Å². The van der Waals surface area contributed by atoms with E-state index in [9.17, 15) is 0 Å². The number of anilines is 2. The molecule has 1 aliphatic heterocycles. The summed E-state index contributed by atoms with van der Waals surface area (Å²) < 4.78 is 0. The van der Waals surface area contributed by atoms with Gasteiger partial charge in [0.15, 0.2) is 5.13 Å². The van der Waals surface area contributed by atoms with E-state index >= 15 is 0 Å². The summed E-state index contributed by atoms with van der Waals surface area (Å²) in [4.78, 5) is 4.23. The highest BCUT2D eigenvalue weighted by Crippen LogP contribution is 2.26. The molecule has 0 saturated heterocycles. The van der Waals surface area contributed by atoms with Crippen LogP contribution in [0.25, 0.3) is 0 Å². The van der Waals surface area contributed by atoms with Gasteiger partial charge in [-0.25, -0.2) is 4.98 Å². The van der Waals surface area contributed by atoms with Crippen LogP contribution < -0.4 is 10.6 Å². The summed E-state index contributed by atoms with van der Waals surface area (Å²) in [7, 11) is 0. The maximum atomic E-state index is 4.23. The van der Waals surface area contributed by atoms with Gasteiger partial charge in [0.1, 0.15) is 0 Å². The Kier molecular flexibility index (Phi) is 2.96. The Hall–Kier alpha value is -1.55. The second-order valence-electron chi connectivity index (χ2n) is 4.17. The van der Waals surface area contributed by atoms with E-state index in [1.54, 1.807) is 11.3 Å². The molecule has 4 heteroatoms. The lowest BCUT2D eigenvalue weighted by Gasteiger charge is -2.21. The average Bonchev–Trinajstić information content (AvgIpc) is 2.89. The van der Waals surface area contributed by atoms with Gasteiger partial charge in [-0.3, -0.25) is 0 Å². The molecule has 0 aliphatic carbocycles. The van der Waals surface area contributed by atoms with Crippen LogP contribution in [0, 0.1) is 0 Å². The van der Waals surface area contributed by atoms with Crippen molar-refractivity contribution < 1.29 is 0 Å². The number of hydrogen-bond acceptors (Lipinski definition) is 4. The molecule has 2 aromatic rings. The van der Waals surface area contributed by atoms with Crippen LogP contribution in [0.15, 0.2) is 29.8 Å². The van der Waals surface area contributed by atoms with Crippen LogP contribution in [0.2, 0.25) is 0 Å². The molecule has 0 fully saturated rings. The molecule has 1 aromatic heterocycles. The minimum atomic E-state index is 0.837. The Morgan fingerprint density at radius 3 is 3.29 bits per heavy atom. The maximum Gasteiger partial charge on any atom is 0.182 e. The number of benzene rings is 1. The normalized spacial score (nSPS) is 13.9. The van der Waals surface area contributed by atoms with E-state index in [0.717, 1.165) is 18.2 Å². The van der Waals surface area contributed by atoms with Crippen molar-refractivity contribution >= 4 is 22.2 Å². The van der Waals surface area contributed by atoms with Gasteiger partial charge in [0, 0.05) is 30.4 Å². The van der Waals surface area contributed by atoms with Crippen LogP contribution in [-0.2, 0) is 13.0 Å². The summed E-state index contributed by atoms with van der Waals surface area (Å²) in [6, 6.07) is 6.54. The Balaban J connectivity index is 1.78. The van der Waals surface area contributed by atoms with E-state index in [2.05, 4.69) is 33.8 Å². The van der Waals surface area contributed by atoms with Gasteiger partial charge in [0.25, 0.3) is 0 Å². The Labute approximate surface area is 105 Å². The number of para-hydroxylation sites is 1. The molecular weight excluding hydrogens is 230 g/mol. The summed E-state index contributed by atoms with van der Waals surface area (Å²) in [6.45, 7) is 1.92. The number of nitrogens with one attached hydrogen (secondary N) is 2. The lowest BCUT2D eigenvalue weighted by molar-refractivity contribution is 0.825.